The van der Waals surface area contributed by atoms with Gasteiger partial charge in [0.15, 0.2) is 5.16 Å². The lowest BCUT2D eigenvalue weighted by Crippen LogP contribution is -2.17. The first kappa shape index (κ1) is 22.6. The Morgan fingerprint density at radius 2 is 1.84 bits per heavy atom. The van der Waals surface area contributed by atoms with Gasteiger partial charge in [0, 0.05) is 23.4 Å². The lowest BCUT2D eigenvalue weighted by atomic mass is 10.2. The molecular weight excluding hydrogens is 438 g/mol. The van der Waals surface area contributed by atoms with Crippen molar-refractivity contribution in [2.45, 2.75) is 18.5 Å². The molecule has 0 aliphatic heterocycles. The maximum absolute atomic E-state index is 12.3. The van der Waals surface area contributed by atoms with Crippen molar-refractivity contribution in [3.05, 3.63) is 58.9 Å². The summed E-state index contributed by atoms with van der Waals surface area (Å²) in [5.41, 5.74) is 2.26. The summed E-state index contributed by atoms with van der Waals surface area (Å²) in [5, 5.41) is 15.0. The molecule has 0 atom stereocenters. The van der Waals surface area contributed by atoms with Crippen LogP contribution in [0.2, 0.25) is 5.02 Å². The lowest BCUT2D eigenvalue weighted by Gasteiger charge is -2.09. The van der Waals surface area contributed by atoms with E-state index in [1.54, 1.807) is 61.2 Å². The number of hydrogen-bond donors (Lipinski definition) is 2. The maximum atomic E-state index is 12.3. The predicted molar refractivity (Wildman–Crippen MR) is 122 cm³/mol. The zero-order chi connectivity index (χ0) is 22.4. The molecule has 1 heterocycles. The highest BCUT2D eigenvalue weighted by Crippen LogP contribution is 2.21. The molecule has 3 aromatic rings. The van der Waals surface area contributed by atoms with Gasteiger partial charge in [-0.2, -0.15) is 0 Å². The zero-order valence-electron chi connectivity index (χ0n) is 17.3. The molecule has 0 saturated heterocycles. The van der Waals surface area contributed by atoms with Crippen LogP contribution in [0.5, 0.6) is 5.75 Å². The molecule has 1 aromatic heterocycles. The van der Waals surface area contributed by atoms with E-state index in [2.05, 4.69) is 20.8 Å². The molecule has 3 rings (SSSR count). The van der Waals surface area contributed by atoms with Crippen LogP contribution in [0, 0.1) is 6.92 Å². The first-order valence-corrected chi connectivity index (χ1v) is 10.7. The SMILES string of the molecule is COc1ccc(NC(=O)Cc2nnc(SCC(=O)Nc3ccc(Cl)cc3C)n2C)cc1. The summed E-state index contributed by atoms with van der Waals surface area (Å²) >= 11 is 7.18. The topological polar surface area (TPSA) is 98.1 Å². The zero-order valence-corrected chi connectivity index (χ0v) is 18.9. The minimum atomic E-state index is -0.215. The third-order valence-electron chi connectivity index (χ3n) is 4.41. The van der Waals surface area contributed by atoms with Gasteiger partial charge in [-0.05, 0) is 55.0 Å². The van der Waals surface area contributed by atoms with Gasteiger partial charge in [0.2, 0.25) is 11.8 Å². The van der Waals surface area contributed by atoms with Crippen LogP contribution in [0.1, 0.15) is 11.4 Å². The van der Waals surface area contributed by atoms with E-state index in [4.69, 9.17) is 16.3 Å². The first-order chi connectivity index (χ1) is 14.9. The number of aromatic nitrogens is 3. The molecule has 0 unspecified atom stereocenters. The molecule has 0 saturated carbocycles. The van der Waals surface area contributed by atoms with E-state index < -0.39 is 0 Å². The summed E-state index contributed by atoms with van der Waals surface area (Å²) in [6.45, 7) is 1.88. The van der Waals surface area contributed by atoms with E-state index in [1.807, 2.05) is 6.92 Å². The Labute approximate surface area is 189 Å². The van der Waals surface area contributed by atoms with Crippen LogP contribution < -0.4 is 15.4 Å². The van der Waals surface area contributed by atoms with Crippen LogP contribution in [0.25, 0.3) is 0 Å². The Hall–Kier alpha value is -3.04. The fourth-order valence-electron chi connectivity index (χ4n) is 2.73. The highest BCUT2D eigenvalue weighted by atomic mass is 35.5. The van der Waals surface area contributed by atoms with Crippen LogP contribution in [0.15, 0.2) is 47.6 Å². The van der Waals surface area contributed by atoms with Gasteiger partial charge in [-0.15, -0.1) is 10.2 Å². The van der Waals surface area contributed by atoms with E-state index in [9.17, 15) is 9.59 Å². The number of amides is 2. The van der Waals surface area contributed by atoms with Crippen molar-refractivity contribution in [3.8, 4) is 5.75 Å². The second kappa shape index (κ2) is 10.3. The van der Waals surface area contributed by atoms with Crippen LogP contribution in [-0.4, -0.2) is 39.4 Å². The predicted octanol–water partition coefficient (Wildman–Crippen LogP) is 3.70. The molecule has 2 amide bonds. The summed E-state index contributed by atoms with van der Waals surface area (Å²) in [6.07, 6.45) is 0.0618. The molecule has 0 aliphatic rings. The van der Waals surface area contributed by atoms with Gasteiger partial charge in [0.05, 0.1) is 19.3 Å². The summed E-state index contributed by atoms with van der Waals surface area (Å²) in [4.78, 5) is 24.6. The van der Waals surface area contributed by atoms with Gasteiger partial charge in [-0.3, -0.25) is 9.59 Å². The normalized spacial score (nSPS) is 10.6. The third-order valence-corrected chi connectivity index (χ3v) is 5.67. The third kappa shape index (κ3) is 6.22. The highest BCUT2D eigenvalue weighted by molar-refractivity contribution is 7.99. The molecule has 0 aliphatic carbocycles. The highest BCUT2D eigenvalue weighted by Gasteiger charge is 2.15. The molecule has 10 heteroatoms. The van der Waals surface area contributed by atoms with E-state index in [0.29, 0.717) is 33.1 Å². The van der Waals surface area contributed by atoms with Crippen LogP contribution in [0.3, 0.4) is 0 Å². The monoisotopic (exact) mass is 459 g/mol. The molecule has 8 nitrogen and oxygen atoms in total. The van der Waals surface area contributed by atoms with Gasteiger partial charge in [-0.25, -0.2) is 0 Å². The standard InChI is InChI=1S/C21H22ClN5O3S/c1-13-10-14(22)4-9-17(13)24-20(29)12-31-21-26-25-18(27(21)2)11-19(28)23-15-5-7-16(30-3)8-6-15/h4-10H,11-12H2,1-3H3,(H,23,28)(H,24,29). The Morgan fingerprint density at radius 1 is 1.10 bits per heavy atom. The number of ether oxygens (including phenoxy) is 1. The first-order valence-electron chi connectivity index (χ1n) is 9.36. The van der Waals surface area contributed by atoms with Crippen LogP contribution >= 0.6 is 23.4 Å². The molecule has 2 aromatic carbocycles. The number of hydrogen-bond acceptors (Lipinski definition) is 6. The van der Waals surface area contributed by atoms with Crippen molar-refractivity contribution in [1.82, 2.24) is 14.8 Å². The quantitative estimate of drug-likeness (QED) is 0.498. The van der Waals surface area contributed by atoms with Gasteiger partial charge < -0.3 is 19.9 Å². The molecule has 0 spiro atoms. The van der Waals surface area contributed by atoms with E-state index in [-0.39, 0.29) is 24.0 Å². The average molecular weight is 460 g/mol. The van der Waals surface area contributed by atoms with E-state index in [0.717, 1.165) is 5.56 Å². The van der Waals surface area contributed by atoms with Crippen molar-refractivity contribution in [3.63, 3.8) is 0 Å². The number of nitrogens with zero attached hydrogens (tertiary/aromatic N) is 3. The lowest BCUT2D eigenvalue weighted by molar-refractivity contribution is -0.116. The Bertz CT molecular complexity index is 1090. The fraction of sp³-hybridized carbons (Fsp3) is 0.238. The van der Waals surface area contributed by atoms with Crippen molar-refractivity contribution in [1.29, 1.82) is 0 Å². The summed E-state index contributed by atoms with van der Waals surface area (Å²) in [6, 6.07) is 12.3. The van der Waals surface area contributed by atoms with Gasteiger partial charge in [-0.1, -0.05) is 23.4 Å². The number of halogens is 1. The number of nitrogens with one attached hydrogen (secondary N) is 2. The molecule has 162 valence electrons. The number of methoxy groups -OCH3 is 1. The number of anilines is 2. The maximum Gasteiger partial charge on any atom is 0.234 e. The number of thioether (sulfide) groups is 1. The summed E-state index contributed by atoms with van der Waals surface area (Å²) in [7, 11) is 3.35. The molecule has 0 fully saturated rings. The summed E-state index contributed by atoms with van der Waals surface area (Å²) in [5.74, 6) is 0.989. The number of carbonyl (C=O) groups is 2. The van der Waals surface area contributed by atoms with Crippen molar-refractivity contribution in [2.75, 3.05) is 23.5 Å². The van der Waals surface area contributed by atoms with Crippen molar-refractivity contribution >= 4 is 46.6 Å². The minimum Gasteiger partial charge on any atom is -0.497 e. The van der Waals surface area contributed by atoms with Gasteiger partial charge in [0.1, 0.15) is 11.6 Å². The smallest absolute Gasteiger partial charge is 0.234 e. The van der Waals surface area contributed by atoms with E-state index in [1.165, 1.54) is 11.8 Å². The van der Waals surface area contributed by atoms with E-state index >= 15 is 0 Å². The van der Waals surface area contributed by atoms with Crippen LogP contribution in [-0.2, 0) is 23.1 Å². The second-order valence-corrected chi connectivity index (χ2v) is 8.09. The molecule has 0 radical (unpaired) electrons. The molecular formula is C21H22ClN5O3S. The van der Waals surface area contributed by atoms with Crippen LogP contribution in [0.4, 0.5) is 11.4 Å². The average Bonchev–Trinajstić information content (AvgIpc) is 3.08. The number of aryl methyl sites for hydroxylation is 1. The van der Waals surface area contributed by atoms with Gasteiger partial charge >= 0.3 is 0 Å². The second-order valence-electron chi connectivity index (χ2n) is 6.71. The molecule has 0 bridgehead atoms. The minimum absolute atomic E-state index is 0.0618. The molecule has 2 N–H and O–H groups in total. The van der Waals surface area contributed by atoms with Crippen molar-refractivity contribution < 1.29 is 14.3 Å². The number of carbonyl (C=O) groups excluding carboxylic acids is 2. The largest absolute Gasteiger partial charge is 0.497 e. The Morgan fingerprint density at radius 3 is 2.52 bits per heavy atom. The van der Waals surface area contributed by atoms with Gasteiger partial charge in [0.25, 0.3) is 0 Å². The molecule has 31 heavy (non-hydrogen) atoms. The fourth-order valence-corrected chi connectivity index (χ4v) is 3.69. The Balaban J connectivity index is 1.53. The number of rotatable bonds is 8. The Kier molecular flexibility index (Phi) is 7.54. The van der Waals surface area contributed by atoms with Crippen molar-refractivity contribution in [2.24, 2.45) is 7.05 Å². The number of benzene rings is 2. The summed E-state index contributed by atoms with van der Waals surface area (Å²) < 4.78 is 6.81.